The Kier molecular flexibility index (Phi) is 10.7. The Hall–Kier alpha value is -0.657. The summed E-state index contributed by atoms with van der Waals surface area (Å²) in [5, 5.41) is 1.14. The van der Waals surface area contributed by atoms with Crippen molar-refractivity contribution in [1.29, 1.82) is 0 Å². The van der Waals surface area contributed by atoms with E-state index in [0.29, 0.717) is 14.9 Å². The molecule has 2 rings (SSSR count). The monoisotopic (exact) mass is 478 g/mol. The van der Waals surface area contributed by atoms with E-state index in [4.69, 9.17) is 11.6 Å². The first-order valence-electron chi connectivity index (χ1n) is 9.55. The van der Waals surface area contributed by atoms with Gasteiger partial charge < -0.3 is 0 Å². The van der Waals surface area contributed by atoms with E-state index in [-0.39, 0.29) is 0 Å². The van der Waals surface area contributed by atoms with E-state index >= 15 is 0 Å². The second kappa shape index (κ2) is 12.7. The first-order valence-corrected chi connectivity index (χ1v) is 13.1. The molecule has 0 fully saturated rings. The molecule has 0 atom stereocenters. The summed E-state index contributed by atoms with van der Waals surface area (Å²) < 4.78 is 27.3. The summed E-state index contributed by atoms with van der Waals surface area (Å²) in [6.07, 6.45) is 9.89. The molecule has 0 unspecified atom stereocenters. The molecule has 5 heteroatoms. The minimum atomic E-state index is -1.70. The van der Waals surface area contributed by atoms with Gasteiger partial charge in [0.05, 0.1) is 0 Å². The van der Waals surface area contributed by atoms with Crippen molar-refractivity contribution in [1.82, 2.24) is 0 Å². The second-order valence-electron chi connectivity index (χ2n) is 6.42. The quantitative estimate of drug-likeness (QED) is 0.383. The first kappa shape index (κ1) is 22.6. The molecule has 0 radical (unpaired) electrons. The van der Waals surface area contributed by atoms with Gasteiger partial charge in [-0.15, -0.1) is 0 Å². The zero-order chi connectivity index (χ0) is 19.5. The van der Waals surface area contributed by atoms with Gasteiger partial charge in [-0.1, -0.05) is 0 Å². The number of hydrogen-bond acceptors (Lipinski definition) is 2. The number of hydrogen-bond donors (Lipinski definition) is 0. The second-order valence-corrected chi connectivity index (χ2v) is 10.7. The molecule has 2 aromatic carbocycles. The molecule has 0 saturated heterocycles. The third kappa shape index (κ3) is 7.70. The molecular formula is C22H29ClCo2O2. The van der Waals surface area contributed by atoms with Crippen LogP contribution in [0.2, 0.25) is 10.4 Å². The fourth-order valence-electron chi connectivity index (χ4n) is 2.72. The number of halogens is 1. The van der Waals surface area contributed by atoms with E-state index in [1.165, 1.54) is 38.5 Å². The fourth-order valence-corrected chi connectivity index (χ4v) is 6.09. The minimum absolute atomic E-state index is 0.440. The molecule has 0 saturated carbocycles. The molecule has 0 aliphatic carbocycles. The predicted octanol–water partition coefficient (Wildman–Crippen LogP) is 5.40. The van der Waals surface area contributed by atoms with Crippen LogP contribution in [0.3, 0.4) is 0 Å². The fraction of sp³-hybridized carbons (Fsp3) is 0.455. The topological polar surface area (TPSA) is 34.1 Å². The van der Waals surface area contributed by atoms with Gasteiger partial charge in [-0.3, -0.25) is 0 Å². The standard InChI is InChI=1S/C10H21.C6H3Cl.C6H5.2Co.2O/c1-3-5-7-9-10-8-6-4-2;7-6-4-2-1-3-5-6;1-2-4-6-5-3-1;;;;/h1,3-10H2,2H3;1-2,5H;1-5H;;;;. The summed E-state index contributed by atoms with van der Waals surface area (Å²) in [5.74, 6) is 0. The van der Waals surface area contributed by atoms with Crippen LogP contribution in [0.4, 0.5) is 0 Å². The van der Waals surface area contributed by atoms with Gasteiger partial charge in [0.1, 0.15) is 0 Å². The number of benzene rings is 2. The van der Waals surface area contributed by atoms with Gasteiger partial charge in [0.25, 0.3) is 0 Å². The van der Waals surface area contributed by atoms with Crippen molar-refractivity contribution in [2.75, 3.05) is 0 Å². The average molecular weight is 479 g/mol. The molecule has 0 aliphatic heterocycles. The van der Waals surface area contributed by atoms with Crippen LogP contribution < -0.4 is 13.5 Å². The summed E-state index contributed by atoms with van der Waals surface area (Å²) >= 11 is 3.24. The van der Waals surface area contributed by atoms with Gasteiger partial charge in [0, 0.05) is 0 Å². The Morgan fingerprint density at radius 3 is 2.04 bits per heavy atom. The third-order valence-electron chi connectivity index (χ3n) is 4.24. The van der Waals surface area contributed by atoms with Gasteiger partial charge in [0.2, 0.25) is 0 Å². The van der Waals surface area contributed by atoms with Crippen molar-refractivity contribution in [3.05, 3.63) is 53.6 Å². The summed E-state index contributed by atoms with van der Waals surface area (Å²) in [4.78, 5) is 0. The predicted molar refractivity (Wildman–Crippen MR) is 106 cm³/mol. The van der Waals surface area contributed by atoms with E-state index < -0.39 is 27.2 Å². The third-order valence-corrected chi connectivity index (χ3v) is 8.38. The van der Waals surface area contributed by atoms with Crippen LogP contribution in [0, 0.1) is 0 Å². The van der Waals surface area contributed by atoms with Crippen molar-refractivity contribution in [2.45, 2.75) is 63.6 Å². The normalized spacial score (nSPS) is 12.1. The van der Waals surface area contributed by atoms with Crippen molar-refractivity contribution >= 4 is 25.1 Å². The maximum absolute atomic E-state index is 12.7. The molecule has 0 aromatic heterocycles. The molecule has 0 amide bonds. The molecule has 2 nitrogen and oxygen atoms in total. The molecular weight excluding hydrogens is 450 g/mol. The first-order chi connectivity index (χ1) is 13.1. The van der Waals surface area contributed by atoms with Gasteiger partial charge in [-0.2, -0.15) is 0 Å². The summed E-state index contributed by atoms with van der Waals surface area (Å²) in [5.41, 5.74) is 0. The Labute approximate surface area is 176 Å². The molecule has 0 N–H and O–H groups in total. The van der Waals surface area contributed by atoms with Crippen molar-refractivity contribution in [2.24, 2.45) is 0 Å². The van der Waals surface area contributed by atoms with E-state index in [1.54, 1.807) is 12.1 Å². The summed E-state index contributed by atoms with van der Waals surface area (Å²) in [7, 11) is 0. The molecule has 0 heterocycles. The Bertz CT molecular complexity index is 747. The van der Waals surface area contributed by atoms with Gasteiger partial charge in [-0.05, 0) is 0 Å². The summed E-state index contributed by atoms with van der Waals surface area (Å²) in [6.45, 7) is 2.23. The summed E-state index contributed by atoms with van der Waals surface area (Å²) in [6, 6.07) is 14.6. The van der Waals surface area contributed by atoms with Gasteiger partial charge in [-0.25, -0.2) is 0 Å². The number of rotatable bonds is 12. The SMILES string of the molecule is CCCCCCCCC[CH2][Co](=[O])[c]1cc[c]([Co](=[O])[c]2ccccc2)c(Cl)c1. The molecule has 0 spiro atoms. The van der Waals surface area contributed by atoms with E-state index in [9.17, 15) is 7.73 Å². The van der Waals surface area contributed by atoms with Crippen molar-refractivity contribution in [3.8, 4) is 0 Å². The van der Waals surface area contributed by atoms with Crippen LogP contribution in [0.25, 0.3) is 0 Å². The van der Waals surface area contributed by atoms with Crippen LogP contribution in [0.5, 0.6) is 0 Å². The van der Waals surface area contributed by atoms with Gasteiger partial charge in [0.15, 0.2) is 0 Å². The Morgan fingerprint density at radius 1 is 0.778 bits per heavy atom. The molecule has 27 heavy (non-hydrogen) atoms. The zero-order valence-corrected chi connectivity index (χ0v) is 18.7. The van der Waals surface area contributed by atoms with E-state index in [2.05, 4.69) is 6.92 Å². The van der Waals surface area contributed by atoms with Crippen LogP contribution in [-0.4, -0.2) is 0 Å². The molecule has 0 bridgehead atoms. The Morgan fingerprint density at radius 2 is 1.41 bits per heavy atom. The van der Waals surface area contributed by atoms with Crippen LogP contribution in [0.1, 0.15) is 58.3 Å². The Balaban J connectivity index is 1.82. The average Bonchev–Trinajstić information content (AvgIpc) is 2.70. The van der Waals surface area contributed by atoms with Gasteiger partial charge >= 0.3 is 177 Å². The van der Waals surface area contributed by atoms with Crippen LogP contribution in [-0.2, 0) is 34.9 Å². The zero-order valence-electron chi connectivity index (χ0n) is 15.8. The molecule has 0 aliphatic rings. The van der Waals surface area contributed by atoms with E-state index in [0.717, 1.165) is 21.8 Å². The van der Waals surface area contributed by atoms with Crippen LogP contribution in [0.15, 0.2) is 48.5 Å². The maximum atomic E-state index is 12.7. The molecule has 2 aromatic rings. The van der Waals surface area contributed by atoms with Crippen molar-refractivity contribution < 1.29 is 34.9 Å². The van der Waals surface area contributed by atoms with Crippen molar-refractivity contribution in [3.63, 3.8) is 0 Å². The molecule has 154 valence electrons. The van der Waals surface area contributed by atoms with Crippen LogP contribution >= 0.6 is 11.6 Å². The van der Waals surface area contributed by atoms with E-state index in [1.807, 2.05) is 36.4 Å². The number of unbranched alkanes of at least 4 members (excludes halogenated alkanes) is 7.